The van der Waals surface area contributed by atoms with E-state index in [2.05, 4.69) is 5.32 Å². The van der Waals surface area contributed by atoms with Gasteiger partial charge in [-0.3, -0.25) is 13.9 Å². The molecule has 11 heteroatoms. The zero-order chi connectivity index (χ0) is 29.3. The van der Waals surface area contributed by atoms with Gasteiger partial charge in [0.2, 0.25) is 21.8 Å². The molecule has 0 aliphatic carbocycles. The molecule has 1 N–H and O–H groups in total. The fraction of sp³-hybridized carbons (Fsp3) is 0.310. The first-order valence-electron chi connectivity index (χ1n) is 12.7. The molecule has 0 fully saturated rings. The zero-order valence-electron chi connectivity index (χ0n) is 22.6. The average Bonchev–Trinajstić information content (AvgIpc) is 2.94. The Morgan fingerprint density at radius 2 is 1.62 bits per heavy atom. The number of rotatable bonds is 13. The van der Waals surface area contributed by atoms with Gasteiger partial charge in [-0.1, -0.05) is 66.5 Å². The van der Waals surface area contributed by atoms with Crippen molar-refractivity contribution >= 4 is 50.7 Å². The molecule has 0 aliphatic rings. The van der Waals surface area contributed by atoms with Crippen LogP contribution in [0.4, 0.5) is 5.69 Å². The number of benzene rings is 3. The van der Waals surface area contributed by atoms with Crippen LogP contribution >= 0.6 is 23.2 Å². The molecular weight excluding hydrogens is 573 g/mol. The highest BCUT2D eigenvalue weighted by atomic mass is 35.5. The van der Waals surface area contributed by atoms with Crippen molar-refractivity contribution in [2.75, 3.05) is 30.8 Å². The molecule has 2 amide bonds. The van der Waals surface area contributed by atoms with Gasteiger partial charge in [0.25, 0.3) is 0 Å². The highest BCUT2D eigenvalue weighted by Gasteiger charge is 2.33. The number of nitrogens with zero attached hydrogens (tertiary/aromatic N) is 2. The van der Waals surface area contributed by atoms with Gasteiger partial charge >= 0.3 is 0 Å². The predicted molar refractivity (Wildman–Crippen MR) is 159 cm³/mol. The molecule has 0 bridgehead atoms. The molecule has 3 aromatic rings. The standard InChI is InChI=1S/C29H33Cl2N3O5S/c1-4-16-32-29(36)27(18-21-8-6-5-7-9-21)33(19-22-10-15-25(30)26(31)17-22)28(35)20-34(40(3,37)38)23-11-13-24(39-2)14-12-23/h5-15,17,27H,4,16,18-20H2,1-3H3,(H,32,36)/t27-/m1/s1. The fourth-order valence-corrected chi connectivity index (χ4v) is 5.29. The summed E-state index contributed by atoms with van der Waals surface area (Å²) in [6, 6.07) is 19.7. The number of sulfonamides is 1. The van der Waals surface area contributed by atoms with Crippen molar-refractivity contribution in [1.82, 2.24) is 10.2 Å². The first-order valence-corrected chi connectivity index (χ1v) is 15.3. The van der Waals surface area contributed by atoms with Crippen molar-refractivity contribution in [3.05, 3.63) is 94.0 Å². The Hall–Kier alpha value is -3.27. The van der Waals surface area contributed by atoms with E-state index >= 15 is 0 Å². The van der Waals surface area contributed by atoms with Crippen molar-refractivity contribution in [2.24, 2.45) is 0 Å². The molecule has 0 saturated heterocycles. The van der Waals surface area contributed by atoms with Gasteiger partial charge in [0.1, 0.15) is 18.3 Å². The summed E-state index contributed by atoms with van der Waals surface area (Å²) in [6.45, 7) is 1.86. The van der Waals surface area contributed by atoms with E-state index in [9.17, 15) is 18.0 Å². The Labute approximate surface area is 245 Å². The second kappa shape index (κ2) is 14.4. The topological polar surface area (TPSA) is 96.0 Å². The van der Waals surface area contributed by atoms with Crippen LogP contribution in [0.3, 0.4) is 0 Å². The minimum absolute atomic E-state index is 0.00693. The monoisotopic (exact) mass is 605 g/mol. The molecule has 3 aromatic carbocycles. The van der Waals surface area contributed by atoms with Gasteiger partial charge in [-0.25, -0.2) is 8.42 Å². The maximum Gasteiger partial charge on any atom is 0.244 e. The first kappa shape index (κ1) is 31.3. The molecule has 0 unspecified atom stereocenters. The largest absolute Gasteiger partial charge is 0.497 e. The third-order valence-electron chi connectivity index (χ3n) is 6.20. The van der Waals surface area contributed by atoms with Gasteiger partial charge in [0.15, 0.2) is 0 Å². The lowest BCUT2D eigenvalue weighted by Gasteiger charge is -2.33. The molecule has 214 valence electrons. The summed E-state index contributed by atoms with van der Waals surface area (Å²) in [5.74, 6) is -0.352. The maximum atomic E-state index is 14.0. The molecular formula is C29H33Cl2N3O5S. The quantitative estimate of drug-likeness (QED) is 0.298. The third kappa shape index (κ3) is 8.61. The maximum absolute atomic E-state index is 14.0. The Balaban J connectivity index is 2.05. The van der Waals surface area contributed by atoms with E-state index in [1.165, 1.54) is 12.0 Å². The fourth-order valence-electron chi connectivity index (χ4n) is 4.12. The van der Waals surface area contributed by atoms with Crippen LogP contribution in [0.2, 0.25) is 10.0 Å². The highest BCUT2D eigenvalue weighted by molar-refractivity contribution is 7.92. The molecule has 1 atom stereocenters. The molecule has 0 spiro atoms. The lowest BCUT2D eigenvalue weighted by molar-refractivity contribution is -0.140. The number of ether oxygens (including phenoxy) is 1. The number of halogens is 2. The summed E-state index contributed by atoms with van der Waals surface area (Å²) in [6.07, 6.45) is 1.97. The molecule has 0 aliphatic heterocycles. The van der Waals surface area contributed by atoms with E-state index in [1.807, 2.05) is 37.3 Å². The summed E-state index contributed by atoms with van der Waals surface area (Å²) in [5, 5.41) is 3.55. The summed E-state index contributed by atoms with van der Waals surface area (Å²) >= 11 is 12.4. The van der Waals surface area contributed by atoms with Crippen LogP contribution in [0, 0.1) is 0 Å². The van der Waals surface area contributed by atoms with Gasteiger partial charge in [-0.2, -0.15) is 0 Å². The average molecular weight is 607 g/mol. The van der Waals surface area contributed by atoms with E-state index in [-0.39, 0.29) is 18.9 Å². The Bertz CT molecular complexity index is 1400. The van der Waals surface area contributed by atoms with Crippen LogP contribution in [0.25, 0.3) is 0 Å². The second-order valence-corrected chi connectivity index (χ2v) is 12.0. The van der Waals surface area contributed by atoms with E-state index in [0.717, 1.165) is 16.1 Å². The molecule has 8 nitrogen and oxygen atoms in total. The summed E-state index contributed by atoms with van der Waals surface area (Å²) in [4.78, 5) is 28.9. The van der Waals surface area contributed by atoms with Crippen molar-refractivity contribution in [3.63, 3.8) is 0 Å². The van der Waals surface area contributed by atoms with Gasteiger partial charge in [0.05, 0.1) is 29.1 Å². The van der Waals surface area contributed by atoms with Crippen LogP contribution < -0.4 is 14.4 Å². The summed E-state index contributed by atoms with van der Waals surface area (Å²) in [5.41, 5.74) is 1.78. The Kier molecular flexibility index (Phi) is 11.2. The molecule has 0 radical (unpaired) electrons. The van der Waals surface area contributed by atoms with Gasteiger partial charge in [-0.05, 0) is 53.9 Å². The van der Waals surface area contributed by atoms with Crippen LogP contribution in [0.15, 0.2) is 72.8 Å². The Morgan fingerprint density at radius 1 is 0.950 bits per heavy atom. The van der Waals surface area contributed by atoms with E-state index in [0.29, 0.717) is 40.0 Å². The van der Waals surface area contributed by atoms with Crippen molar-refractivity contribution in [2.45, 2.75) is 32.4 Å². The normalized spacial score (nSPS) is 11.9. The van der Waals surface area contributed by atoms with E-state index < -0.39 is 28.5 Å². The second-order valence-electron chi connectivity index (χ2n) is 9.23. The van der Waals surface area contributed by atoms with E-state index in [4.69, 9.17) is 27.9 Å². The van der Waals surface area contributed by atoms with Gasteiger partial charge in [-0.15, -0.1) is 0 Å². The number of amides is 2. The molecule has 40 heavy (non-hydrogen) atoms. The van der Waals surface area contributed by atoms with Crippen molar-refractivity contribution in [1.29, 1.82) is 0 Å². The first-order chi connectivity index (χ1) is 19.0. The van der Waals surface area contributed by atoms with Gasteiger partial charge < -0.3 is 15.0 Å². The Morgan fingerprint density at radius 3 is 2.20 bits per heavy atom. The number of carbonyl (C=O) groups excluding carboxylic acids is 2. The zero-order valence-corrected chi connectivity index (χ0v) is 25.0. The van der Waals surface area contributed by atoms with Crippen LogP contribution in [-0.4, -0.2) is 57.6 Å². The number of anilines is 1. The number of methoxy groups -OCH3 is 1. The third-order valence-corrected chi connectivity index (χ3v) is 8.08. The SMILES string of the molecule is CCCNC(=O)[C@@H](Cc1ccccc1)N(Cc1ccc(Cl)c(Cl)c1)C(=O)CN(c1ccc(OC)cc1)S(C)(=O)=O. The molecule has 0 heterocycles. The van der Waals surface area contributed by atoms with Crippen molar-refractivity contribution in [3.8, 4) is 5.75 Å². The lowest BCUT2D eigenvalue weighted by Crippen LogP contribution is -2.53. The van der Waals surface area contributed by atoms with Crippen LogP contribution in [0.5, 0.6) is 5.75 Å². The van der Waals surface area contributed by atoms with E-state index in [1.54, 1.807) is 42.5 Å². The van der Waals surface area contributed by atoms with Gasteiger partial charge in [0, 0.05) is 19.5 Å². The lowest BCUT2D eigenvalue weighted by atomic mass is 10.0. The minimum Gasteiger partial charge on any atom is -0.497 e. The van der Waals surface area contributed by atoms with Crippen LogP contribution in [-0.2, 0) is 32.6 Å². The molecule has 3 rings (SSSR count). The van der Waals surface area contributed by atoms with Crippen LogP contribution in [0.1, 0.15) is 24.5 Å². The molecule has 0 saturated carbocycles. The summed E-state index contributed by atoms with van der Waals surface area (Å²) < 4.78 is 31.9. The number of hydrogen-bond acceptors (Lipinski definition) is 5. The smallest absolute Gasteiger partial charge is 0.244 e. The number of hydrogen-bond donors (Lipinski definition) is 1. The number of carbonyl (C=O) groups is 2. The number of nitrogens with one attached hydrogen (secondary N) is 1. The van der Waals surface area contributed by atoms with Crippen molar-refractivity contribution < 1.29 is 22.7 Å². The minimum atomic E-state index is -3.86. The summed E-state index contributed by atoms with van der Waals surface area (Å²) in [7, 11) is -2.36. The predicted octanol–water partition coefficient (Wildman–Crippen LogP) is 4.93. The highest BCUT2D eigenvalue weighted by Crippen LogP contribution is 2.26. The molecule has 0 aromatic heterocycles.